The van der Waals surface area contributed by atoms with E-state index in [4.69, 9.17) is 15.2 Å². The maximum absolute atomic E-state index is 11.7. The average Bonchev–Trinajstić information content (AvgIpc) is 2.66. The number of rotatable bonds is 9. The number of esters is 1. The van der Waals surface area contributed by atoms with Crippen molar-refractivity contribution in [3.05, 3.63) is 23.8 Å². The zero-order chi connectivity index (χ0) is 19.8. The smallest absolute Gasteiger partial charge is 0.306 e. The van der Waals surface area contributed by atoms with Gasteiger partial charge in [0.1, 0.15) is 0 Å². The van der Waals surface area contributed by atoms with Crippen LogP contribution in [0.25, 0.3) is 0 Å². The topological polar surface area (TPSA) is 73.6 Å². The molecule has 1 aliphatic carbocycles. The zero-order valence-electron chi connectivity index (χ0n) is 17.3. The molecule has 5 heteroatoms. The summed E-state index contributed by atoms with van der Waals surface area (Å²) in [7, 11) is 3.05. The van der Waals surface area contributed by atoms with Crippen molar-refractivity contribution >= 4 is 17.3 Å². The molecule has 1 aromatic carbocycles. The number of hydrogen-bond acceptors (Lipinski definition) is 5. The molecule has 0 aromatic heterocycles. The molecule has 0 heterocycles. The standard InChI is InChI=1S/C22H36N2O3/c1-15(2)22(16-8-6-5-7-9-16)24-20-11-10-17(12-19(20)23)18(14-26-3)13-21(25)27-4/h10-12,15-16,18,22,24H,5-9,13-14,23H2,1-4H3. The predicted molar refractivity (Wildman–Crippen MR) is 111 cm³/mol. The molecule has 0 amide bonds. The summed E-state index contributed by atoms with van der Waals surface area (Å²) in [5.41, 5.74) is 9.09. The molecule has 0 aliphatic heterocycles. The number of nitrogens with two attached hydrogens (primary N) is 1. The van der Waals surface area contributed by atoms with Gasteiger partial charge in [-0.05, 0) is 42.4 Å². The Hall–Kier alpha value is -1.75. The van der Waals surface area contributed by atoms with Crippen LogP contribution < -0.4 is 11.1 Å². The van der Waals surface area contributed by atoms with Gasteiger partial charge >= 0.3 is 5.97 Å². The quantitative estimate of drug-likeness (QED) is 0.487. The van der Waals surface area contributed by atoms with Gasteiger partial charge in [0.2, 0.25) is 0 Å². The van der Waals surface area contributed by atoms with Gasteiger partial charge in [-0.3, -0.25) is 4.79 Å². The zero-order valence-corrected chi connectivity index (χ0v) is 17.3. The van der Waals surface area contributed by atoms with Crippen molar-refractivity contribution in [3.63, 3.8) is 0 Å². The van der Waals surface area contributed by atoms with E-state index < -0.39 is 0 Å². The van der Waals surface area contributed by atoms with E-state index in [2.05, 4.69) is 19.2 Å². The summed E-state index contributed by atoms with van der Waals surface area (Å²) >= 11 is 0. The Morgan fingerprint density at radius 3 is 2.48 bits per heavy atom. The van der Waals surface area contributed by atoms with Crippen LogP contribution in [0.5, 0.6) is 0 Å². The number of benzene rings is 1. The maximum atomic E-state index is 11.7. The Labute approximate surface area is 164 Å². The highest BCUT2D eigenvalue weighted by Crippen LogP contribution is 2.34. The third-order valence-electron chi connectivity index (χ3n) is 5.75. The van der Waals surface area contributed by atoms with Gasteiger partial charge in [-0.2, -0.15) is 0 Å². The Balaban J connectivity index is 2.14. The van der Waals surface area contributed by atoms with Crippen LogP contribution in [0, 0.1) is 11.8 Å². The SMILES string of the molecule is COCC(CC(=O)OC)c1ccc(NC(C(C)C)C2CCCCC2)c(N)c1. The molecule has 5 nitrogen and oxygen atoms in total. The molecular weight excluding hydrogens is 340 g/mol. The van der Waals surface area contributed by atoms with E-state index in [0.717, 1.165) is 16.9 Å². The van der Waals surface area contributed by atoms with Gasteiger partial charge in [0.15, 0.2) is 0 Å². The van der Waals surface area contributed by atoms with Crippen molar-refractivity contribution in [2.45, 2.75) is 64.3 Å². The van der Waals surface area contributed by atoms with E-state index in [1.54, 1.807) is 7.11 Å². The van der Waals surface area contributed by atoms with Gasteiger partial charge in [0.25, 0.3) is 0 Å². The van der Waals surface area contributed by atoms with E-state index in [9.17, 15) is 4.79 Å². The summed E-state index contributed by atoms with van der Waals surface area (Å²) in [6.45, 7) is 5.02. The molecule has 1 aliphatic rings. The second kappa shape index (κ2) is 10.5. The molecule has 27 heavy (non-hydrogen) atoms. The first-order valence-corrected chi connectivity index (χ1v) is 10.2. The number of methoxy groups -OCH3 is 2. The van der Waals surface area contributed by atoms with Crippen molar-refractivity contribution in [2.24, 2.45) is 11.8 Å². The molecule has 0 spiro atoms. The first kappa shape index (κ1) is 21.5. The van der Waals surface area contributed by atoms with Crippen molar-refractivity contribution in [1.29, 1.82) is 0 Å². The molecule has 1 aromatic rings. The Kier molecular flexibility index (Phi) is 8.42. The molecule has 0 saturated heterocycles. The fraction of sp³-hybridized carbons (Fsp3) is 0.682. The molecular formula is C22H36N2O3. The lowest BCUT2D eigenvalue weighted by molar-refractivity contribution is -0.141. The average molecular weight is 377 g/mol. The fourth-order valence-corrected chi connectivity index (χ4v) is 4.23. The summed E-state index contributed by atoms with van der Waals surface area (Å²) in [6.07, 6.45) is 6.89. The number of nitrogen functional groups attached to an aromatic ring is 1. The highest BCUT2D eigenvalue weighted by molar-refractivity contribution is 5.72. The van der Waals surface area contributed by atoms with Crippen molar-refractivity contribution < 1.29 is 14.3 Å². The summed E-state index contributed by atoms with van der Waals surface area (Å²) in [5.74, 6) is 0.958. The predicted octanol–water partition coefficient (Wildman–Crippen LogP) is 4.58. The van der Waals surface area contributed by atoms with Crippen molar-refractivity contribution in [1.82, 2.24) is 0 Å². The molecule has 0 radical (unpaired) electrons. The largest absolute Gasteiger partial charge is 0.469 e. The molecule has 0 bridgehead atoms. The van der Waals surface area contributed by atoms with Crippen molar-refractivity contribution in [2.75, 3.05) is 31.9 Å². The number of nitrogens with one attached hydrogen (secondary N) is 1. The van der Waals surface area contributed by atoms with Gasteiger partial charge in [0, 0.05) is 19.1 Å². The normalized spacial score (nSPS) is 17.5. The van der Waals surface area contributed by atoms with Crippen molar-refractivity contribution in [3.8, 4) is 0 Å². The molecule has 1 saturated carbocycles. The second-order valence-electron chi connectivity index (χ2n) is 8.09. The molecule has 2 atom stereocenters. The van der Waals surface area contributed by atoms with E-state index in [1.807, 2.05) is 18.2 Å². The maximum Gasteiger partial charge on any atom is 0.306 e. The lowest BCUT2D eigenvalue weighted by Crippen LogP contribution is -2.35. The molecule has 152 valence electrons. The van der Waals surface area contributed by atoms with Crippen LogP contribution in [0.2, 0.25) is 0 Å². The second-order valence-corrected chi connectivity index (χ2v) is 8.09. The third-order valence-corrected chi connectivity index (χ3v) is 5.75. The Bertz CT molecular complexity index is 597. The molecule has 2 unspecified atom stereocenters. The van der Waals surface area contributed by atoms with Crippen LogP contribution in [0.4, 0.5) is 11.4 Å². The van der Waals surface area contributed by atoms with Crippen LogP contribution in [-0.2, 0) is 14.3 Å². The number of carbonyl (C=O) groups is 1. The van der Waals surface area contributed by atoms with Crippen LogP contribution in [0.15, 0.2) is 18.2 Å². The number of hydrogen-bond donors (Lipinski definition) is 2. The minimum absolute atomic E-state index is 0.0574. The third kappa shape index (κ3) is 6.13. The summed E-state index contributed by atoms with van der Waals surface area (Å²) in [5, 5.41) is 3.72. The van der Waals surface area contributed by atoms with Crippen LogP contribution in [0.3, 0.4) is 0 Å². The van der Waals surface area contributed by atoms with E-state index in [0.29, 0.717) is 24.5 Å². The van der Waals surface area contributed by atoms with Crippen LogP contribution in [-0.4, -0.2) is 32.8 Å². The van der Waals surface area contributed by atoms with Gasteiger partial charge in [-0.15, -0.1) is 0 Å². The Morgan fingerprint density at radius 1 is 1.22 bits per heavy atom. The van der Waals surface area contributed by atoms with E-state index in [1.165, 1.54) is 39.2 Å². The highest BCUT2D eigenvalue weighted by Gasteiger charge is 2.26. The van der Waals surface area contributed by atoms with Gasteiger partial charge in [-0.1, -0.05) is 39.2 Å². The van der Waals surface area contributed by atoms with Gasteiger partial charge in [-0.25, -0.2) is 0 Å². The number of anilines is 2. The lowest BCUT2D eigenvalue weighted by Gasteiger charge is -2.35. The van der Waals surface area contributed by atoms with Gasteiger partial charge in [0.05, 0.1) is 31.5 Å². The van der Waals surface area contributed by atoms with Crippen LogP contribution in [0.1, 0.15) is 63.9 Å². The number of carbonyl (C=O) groups excluding carboxylic acids is 1. The summed E-state index contributed by atoms with van der Waals surface area (Å²) in [4.78, 5) is 11.7. The first-order valence-electron chi connectivity index (χ1n) is 10.2. The lowest BCUT2D eigenvalue weighted by atomic mass is 9.79. The Morgan fingerprint density at radius 2 is 1.93 bits per heavy atom. The molecule has 3 N–H and O–H groups in total. The molecule has 2 rings (SSSR count). The fourth-order valence-electron chi connectivity index (χ4n) is 4.23. The van der Waals surface area contributed by atoms with Crippen LogP contribution >= 0.6 is 0 Å². The number of ether oxygens (including phenoxy) is 2. The monoisotopic (exact) mass is 376 g/mol. The highest BCUT2D eigenvalue weighted by atomic mass is 16.5. The summed E-state index contributed by atoms with van der Waals surface area (Å²) < 4.78 is 10.1. The molecule has 1 fully saturated rings. The minimum atomic E-state index is -0.241. The first-order chi connectivity index (χ1) is 13.0. The minimum Gasteiger partial charge on any atom is -0.469 e. The van der Waals surface area contributed by atoms with Gasteiger partial charge < -0.3 is 20.5 Å². The summed E-state index contributed by atoms with van der Waals surface area (Å²) in [6, 6.07) is 6.49. The van der Waals surface area contributed by atoms with E-state index in [-0.39, 0.29) is 18.3 Å². The van der Waals surface area contributed by atoms with E-state index >= 15 is 0 Å².